The van der Waals surface area contributed by atoms with E-state index < -0.39 is 11.6 Å². The van der Waals surface area contributed by atoms with Gasteiger partial charge in [-0.25, -0.2) is 13.8 Å². The maximum atomic E-state index is 14.0. The summed E-state index contributed by atoms with van der Waals surface area (Å²) in [5.41, 5.74) is -0.0395. The molecule has 0 amide bonds. The lowest BCUT2D eigenvalue weighted by molar-refractivity contribution is 0.237. The van der Waals surface area contributed by atoms with E-state index in [-0.39, 0.29) is 5.54 Å². The van der Waals surface area contributed by atoms with E-state index in [4.69, 9.17) is 0 Å². The van der Waals surface area contributed by atoms with Gasteiger partial charge in [-0.1, -0.05) is 19.3 Å². The van der Waals surface area contributed by atoms with Gasteiger partial charge in [0.15, 0.2) is 11.6 Å². The lowest BCUT2D eigenvalue weighted by Gasteiger charge is -2.50. The first kappa shape index (κ1) is 12.8. The monoisotopic (exact) mass is 267 g/mol. The average Bonchev–Trinajstić information content (AvgIpc) is 2.41. The van der Waals surface area contributed by atoms with Crippen LogP contribution in [0.2, 0.25) is 0 Å². The highest BCUT2D eigenvalue weighted by atomic mass is 19.1. The SMILES string of the molecule is Fc1cnc(N2CCNCC23CCCCC3)c(F)c1. The Morgan fingerprint density at radius 3 is 2.74 bits per heavy atom. The Kier molecular flexibility index (Phi) is 3.39. The molecule has 1 saturated carbocycles. The summed E-state index contributed by atoms with van der Waals surface area (Å²) < 4.78 is 27.0. The highest BCUT2D eigenvalue weighted by molar-refractivity contribution is 5.45. The molecule has 1 spiro atoms. The minimum absolute atomic E-state index is 0.0395. The van der Waals surface area contributed by atoms with Gasteiger partial charge in [-0.05, 0) is 12.8 Å². The van der Waals surface area contributed by atoms with Crippen LogP contribution in [0.25, 0.3) is 0 Å². The number of piperazine rings is 1. The number of nitrogens with zero attached hydrogens (tertiary/aromatic N) is 2. The molecular formula is C14H19F2N3. The number of hydrogen-bond acceptors (Lipinski definition) is 3. The molecule has 0 bridgehead atoms. The fourth-order valence-corrected chi connectivity index (χ4v) is 3.44. The van der Waals surface area contributed by atoms with E-state index in [1.165, 1.54) is 19.3 Å². The predicted octanol–water partition coefficient (Wildman–Crippen LogP) is 2.47. The summed E-state index contributed by atoms with van der Waals surface area (Å²) in [5.74, 6) is -0.856. The molecule has 104 valence electrons. The Hall–Kier alpha value is -1.23. The Balaban J connectivity index is 1.95. The van der Waals surface area contributed by atoms with Gasteiger partial charge < -0.3 is 10.2 Å². The molecular weight excluding hydrogens is 248 g/mol. The number of nitrogens with one attached hydrogen (secondary N) is 1. The van der Waals surface area contributed by atoms with Gasteiger partial charge in [0, 0.05) is 25.7 Å². The van der Waals surface area contributed by atoms with Gasteiger partial charge in [-0.15, -0.1) is 0 Å². The second-order valence-electron chi connectivity index (χ2n) is 5.57. The molecule has 2 aliphatic rings. The van der Waals surface area contributed by atoms with Crippen LogP contribution in [0, 0.1) is 11.6 Å². The van der Waals surface area contributed by atoms with E-state index >= 15 is 0 Å². The van der Waals surface area contributed by atoms with E-state index in [2.05, 4.69) is 15.2 Å². The third-order valence-electron chi connectivity index (χ3n) is 4.37. The van der Waals surface area contributed by atoms with Crippen molar-refractivity contribution >= 4 is 5.82 Å². The van der Waals surface area contributed by atoms with Crippen LogP contribution in [-0.2, 0) is 0 Å². The second-order valence-corrected chi connectivity index (χ2v) is 5.57. The van der Waals surface area contributed by atoms with Gasteiger partial charge >= 0.3 is 0 Å². The highest BCUT2D eigenvalue weighted by Crippen LogP contribution is 2.37. The smallest absolute Gasteiger partial charge is 0.168 e. The normalized spacial score (nSPS) is 22.7. The number of halogens is 2. The van der Waals surface area contributed by atoms with Gasteiger partial charge in [-0.3, -0.25) is 0 Å². The molecule has 1 aromatic rings. The zero-order valence-electron chi connectivity index (χ0n) is 11.0. The highest BCUT2D eigenvalue weighted by Gasteiger charge is 2.41. The van der Waals surface area contributed by atoms with Crippen molar-refractivity contribution in [1.82, 2.24) is 10.3 Å². The third-order valence-corrected chi connectivity index (χ3v) is 4.37. The van der Waals surface area contributed by atoms with Crippen molar-refractivity contribution in [3.8, 4) is 0 Å². The summed E-state index contributed by atoms with van der Waals surface area (Å²) in [6.07, 6.45) is 6.80. The first-order valence-corrected chi connectivity index (χ1v) is 7.01. The average molecular weight is 267 g/mol. The zero-order chi connectivity index (χ0) is 13.3. The maximum absolute atomic E-state index is 14.0. The summed E-state index contributed by atoms with van der Waals surface area (Å²) in [6.45, 7) is 2.42. The molecule has 0 atom stereocenters. The van der Waals surface area contributed by atoms with Gasteiger partial charge in [0.2, 0.25) is 0 Å². The number of anilines is 1. The summed E-state index contributed by atoms with van der Waals surface area (Å²) in [7, 11) is 0. The van der Waals surface area contributed by atoms with Gasteiger partial charge in [0.25, 0.3) is 0 Å². The number of rotatable bonds is 1. The Bertz CT molecular complexity index is 450. The van der Waals surface area contributed by atoms with Crippen molar-refractivity contribution in [1.29, 1.82) is 0 Å². The van der Waals surface area contributed by atoms with Gasteiger partial charge in [-0.2, -0.15) is 0 Å². The van der Waals surface area contributed by atoms with E-state index in [1.54, 1.807) is 0 Å². The van der Waals surface area contributed by atoms with E-state index in [0.29, 0.717) is 5.82 Å². The summed E-state index contributed by atoms with van der Waals surface area (Å²) >= 11 is 0. The van der Waals surface area contributed by atoms with Crippen LogP contribution < -0.4 is 10.2 Å². The van der Waals surface area contributed by atoms with Crippen molar-refractivity contribution in [2.24, 2.45) is 0 Å². The molecule has 3 rings (SSSR count). The molecule has 0 unspecified atom stereocenters. The molecule has 2 fully saturated rings. The minimum atomic E-state index is -0.617. The van der Waals surface area contributed by atoms with E-state index in [1.807, 2.05) is 0 Å². The summed E-state index contributed by atoms with van der Waals surface area (Å²) in [5, 5.41) is 3.41. The van der Waals surface area contributed by atoms with Crippen molar-refractivity contribution in [3.05, 3.63) is 23.9 Å². The predicted molar refractivity (Wildman–Crippen MR) is 70.2 cm³/mol. The molecule has 1 aliphatic carbocycles. The van der Waals surface area contributed by atoms with Crippen LogP contribution in [0.5, 0.6) is 0 Å². The van der Waals surface area contributed by atoms with Gasteiger partial charge in [0.05, 0.1) is 11.7 Å². The topological polar surface area (TPSA) is 28.2 Å². The molecule has 1 N–H and O–H groups in total. The van der Waals surface area contributed by atoms with Crippen LogP contribution in [0.15, 0.2) is 12.3 Å². The van der Waals surface area contributed by atoms with Crippen LogP contribution >= 0.6 is 0 Å². The largest absolute Gasteiger partial charge is 0.346 e. The number of aromatic nitrogens is 1. The molecule has 1 saturated heterocycles. The molecule has 19 heavy (non-hydrogen) atoms. The Morgan fingerprint density at radius 1 is 1.21 bits per heavy atom. The summed E-state index contributed by atoms with van der Waals surface area (Å²) in [4.78, 5) is 6.07. The first-order valence-electron chi connectivity index (χ1n) is 7.01. The Labute approximate surface area is 112 Å². The van der Waals surface area contributed by atoms with Gasteiger partial charge in [0.1, 0.15) is 5.82 Å². The fraction of sp³-hybridized carbons (Fsp3) is 0.643. The number of pyridine rings is 1. The van der Waals surface area contributed by atoms with E-state index in [0.717, 1.165) is 44.7 Å². The fourth-order valence-electron chi connectivity index (χ4n) is 3.44. The maximum Gasteiger partial charge on any atom is 0.168 e. The molecule has 5 heteroatoms. The van der Waals surface area contributed by atoms with Crippen molar-refractivity contribution < 1.29 is 8.78 Å². The number of hydrogen-bond donors (Lipinski definition) is 1. The lowest BCUT2D eigenvalue weighted by atomic mass is 9.79. The molecule has 0 radical (unpaired) electrons. The lowest BCUT2D eigenvalue weighted by Crippen LogP contribution is -2.62. The van der Waals surface area contributed by atoms with Crippen LogP contribution in [0.1, 0.15) is 32.1 Å². The molecule has 0 aromatic carbocycles. The van der Waals surface area contributed by atoms with Crippen molar-refractivity contribution in [3.63, 3.8) is 0 Å². The van der Waals surface area contributed by atoms with Crippen LogP contribution in [-0.4, -0.2) is 30.2 Å². The van der Waals surface area contributed by atoms with Crippen LogP contribution in [0.4, 0.5) is 14.6 Å². The summed E-state index contributed by atoms with van der Waals surface area (Å²) in [6, 6.07) is 0.931. The standard InChI is InChI=1S/C14H19F2N3/c15-11-8-12(16)13(18-9-11)19-7-6-17-10-14(19)4-2-1-3-5-14/h8-9,17H,1-7,10H2. The zero-order valence-corrected chi connectivity index (χ0v) is 11.0. The molecule has 3 nitrogen and oxygen atoms in total. The molecule has 2 heterocycles. The molecule has 1 aromatic heterocycles. The Morgan fingerprint density at radius 2 is 2.00 bits per heavy atom. The second kappa shape index (κ2) is 5.04. The molecule has 1 aliphatic heterocycles. The minimum Gasteiger partial charge on any atom is -0.346 e. The van der Waals surface area contributed by atoms with Crippen molar-refractivity contribution in [2.45, 2.75) is 37.6 Å². The van der Waals surface area contributed by atoms with Crippen LogP contribution in [0.3, 0.4) is 0 Å². The van der Waals surface area contributed by atoms with Crippen molar-refractivity contribution in [2.75, 3.05) is 24.5 Å². The first-order chi connectivity index (χ1) is 9.21. The van der Waals surface area contributed by atoms with E-state index in [9.17, 15) is 8.78 Å². The third kappa shape index (κ3) is 2.31. The quantitative estimate of drug-likeness (QED) is 0.847.